The van der Waals surface area contributed by atoms with E-state index in [0.717, 1.165) is 18.4 Å². The Labute approximate surface area is 408 Å². The first kappa shape index (κ1) is 55.7. The van der Waals surface area contributed by atoms with Gasteiger partial charge in [0.2, 0.25) is 5.79 Å². The lowest BCUT2D eigenvalue weighted by atomic mass is 9.77. The summed E-state index contributed by atoms with van der Waals surface area (Å²) < 4.78 is 31.6. The molecule has 5 rings (SSSR count). The minimum Gasteiger partial charge on any atom is -0.460 e. The number of methoxy groups -OCH3 is 3. The van der Waals surface area contributed by atoms with E-state index in [9.17, 15) is 34.2 Å². The third-order valence-electron chi connectivity index (χ3n) is 15.2. The highest BCUT2D eigenvalue weighted by atomic mass is 16.6. The van der Waals surface area contributed by atoms with Crippen LogP contribution in [0.5, 0.6) is 0 Å². The molecule has 1 amide bonds. The number of carbonyl (C=O) groups is 5. The Morgan fingerprint density at radius 2 is 1.64 bits per heavy atom. The zero-order chi connectivity index (χ0) is 50.6. The van der Waals surface area contributed by atoms with Crippen LogP contribution in [0.2, 0.25) is 0 Å². The molecule has 1 aliphatic carbocycles. The summed E-state index contributed by atoms with van der Waals surface area (Å²) in [4.78, 5) is 72.3. The average Bonchev–Trinajstić information content (AvgIpc) is 3.88. The normalized spacial score (nSPS) is 37.5. The van der Waals surface area contributed by atoms with Crippen molar-refractivity contribution in [2.75, 3.05) is 27.9 Å². The van der Waals surface area contributed by atoms with Crippen molar-refractivity contribution in [1.82, 2.24) is 25.1 Å². The van der Waals surface area contributed by atoms with Crippen LogP contribution in [0.25, 0.3) is 0 Å². The number of aliphatic hydroxyl groups excluding tert-OH is 1. The van der Waals surface area contributed by atoms with Crippen LogP contribution >= 0.6 is 0 Å². The van der Waals surface area contributed by atoms with Crippen molar-refractivity contribution in [2.45, 2.75) is 180 Å². The van der Waals surface area contributed by atoms with Crippen molar-refractivity contribution in [1.29, 1.82) is 0 Å². The summed E-state index contributed by atoms with van der Waals surface area (Å²) in [5.74, 6) is -7.92. The second kappa shape index (κ2) is 25.7. The zero-order valence-corrected chi connectivity index (χ0v) is 42.5. The molecule has 0 aromatic carbocycles. The first-order valence-corrected chi connectivity index (χ1v) is 25.0. The molecule has 1 saturated carbocycles. The maximum absolute atomic E-state index is 14.5. The maximum atomic E-state index is 14.5. The van der Waals surface area contributed by atoms with Gasteiger partial charge in [-0.25, -0.2) is 9.48 Å². The molecule has 17 nitrogen and oxygen atoms in total. The number of Topliss-reactive ketones (excluding diaryl/α,β-unsaturated/α-hetero) is 3. The fourth-order valence-corrected chi connectivity index (χ4v) is 10.7. The third kappa shape index (κ3) is 14.2. The standard InChI is InChI=1S/C52H79N5O12/c1-31-16-12-11-13-17-32(2)43(65-8)28-39-21-19-37(7)52(64,69-39)49(61)50(62)56-23-15-14-18-41(56)51(63)68-44(34(4)26-38-20-22-40(45(27-38)66-9)57-30-53-54-55-57)29-42(58)33(3)25-36(6)47(60)48(67-10)46(59)35(5)24-31/h11-13,16-17,25,30-31,33-35,37-41,43-45,47-48,60,64H,14-15,18-24,26-29H2,1-10H3/b13-11?,16-12+,32-17?,36-25+/t31-,33-,34-,35-,37-,38?,39+,40+,41+,43+,44+,45-,47-,48+,52-/m1/s1. The summed E-state index contributed by atoms with van der Waals surface area (Å²) in [6.07, 6.45) is 13.9. The van der Waals surface area contributed by atoms with Crippen LogP contribution in [0.15, 0.2) is 53.9 Å². The molecule has 1 unspecified atom stereocenters. The number of fused-ring (bicyclic) bond motifs is 3. The Balaban J connectivity index is 1.46. The van der Waals surface area contributed by atoms with Gasteiger partial charge in [0, 0.05) is 58.5 Å². The van der Waals surface area contributed by atoms with Crippen molar-refractivity contribution in [3.63, 3.8) is 0 Å². The van der Waals surface area contributed by atoms with Crippen molar-refractivity contribution >= 4 is 29.2 Å². The summed E-state index contributed by atoms with van der Waals surface area (Å²) in [7, 11) is 4.62. The number of allylic oxidation sites excluding steroid dienone is 6. The number of ketones is 3. The summed E-state index contributed by atoms with van der Waals surface area (Å²) in [6, 6.07) is -1.19. The first-order chi connectivity index (χ1) is 32.8. The van der Waals surface area contributed by atoms with E-state index in [2.05, 4.69) is 15.5 Å². The van der Waals surface area contributed by atoms with Gasteiger partial charge in [-0.3, -0.25) is 19.2 Å². The molecule has 4 aliphatic rings. The number of tetrazole rings is 1. The van der Waals surface area contributed by atoms with E-state index in [-0.39, 0.29) is 60.9 Å². The summed E-state index contributed by atoms with van der Waals surface area (Å²) in [6.45, 7) is 12.8. The van der Waals surface area contributed by atoms with Gasteiger partial charge in [0.05, 0.1) is 24.4 Å². The van der Waals surface area contributed by atoms with E-state index >= 15 is 0 Å². The van der Waals surface area contributed by atoms with E-state index in [1.807, 2.05) is 58.1 Å². The molecule has 3 fully saturated rings. The van der Waals surface area contributed by atoms with Crippen molar-refractivity contribution in [2.24, 2.45) is 35.5 Å². The number of hydrogen-bond donors (Lipinski definition) is 2. The van der Waals surface area contributed by atoms with Gasteiger partial charge in [-0.2, -0.15) is 0 Å². The van der Waals surface area contributed by atoms with Crippen LogP contribution in [0.3, 0.4) is 0 Å². The molecule has 15 atom stereocenters. The molecule has 1 aromatic rings. The lowest BCUT2D eigenvalue weighted by molar-refractivity contribution is -0.265. The van der Waals surface area contributed by atoms with Gasteiger partial charge in [-0.1, -0.05) is 71.1 Å². The fourth-order valence-electron chi connectivity index (χ4n) is 10.7. The van der Waals surface area contributed by atoms with Crippen molar-refractivity contribution < 1.29 is 57.9 Å². The molecule has 69 heavy (non-hydrogen) atoms. The molecule has 1 aromatic heterocycles. The van der Waals surface area contributed by atoms with Crippen molar-refractivity contribution in [3.8, 4) is 0 Å². The highest BCUT2D eigenvalue weighted by molar-refractivity contribution is 6.39. The molecule has 384 valence electrons. The topological polar surface area (TPSA) is 219 Å². The molecule has 2 N–H and O–H groups in total. The minimum atomic E-state index is -2.43. The van der Waals surface area contributed by atoms with Crippen LogP contribution in [0.1, 0.15) is 132 Å². The van der Waals surface area contributed by atoms with Crippen molar-refractivity contribution in [3.05, 3.63) is 53.9 Å². The summed E-state index contributed by atoms with van der Waals surface area (Å²) in [5.41, 5.74) is 1.27. The second-order valence-electron chi connectivity index (χ2n) is 20.4. The van der Waals surface area contributed by atoms with E-state index in [1.54, 1.807) is 52.1 Å². The number of esters is 1. The summed E-state index contributed by atoms with van der Waals surface area (Å²) in [5, 5.41) is 35.2. The zero-order valence-electron chi connectivity index (χ0n) is 42.5. The van der Waals surface area contributed by atoms with E-state index in [0.29, 0.717) is 56.9 Å². The number of aromatic nitrogens is 4. The Morgan fingerprint density at radius 3 is 2.32 bits per heavy atom. The van der Waals surface area contributed by atoms with Gasteiger partial charge in [0.1, 0.15) is 36.5 Å². The van der Waals surface area contributed by atoms with Gasteiger partial charge in [0.25, 0.3) is 11.7 Å². The molecule has 0 radical (unpaired) electrons. The minimum absolute atomic E-state index is 0.0170. The molecular weight excluding hydrogens is 887 g/mol. The number of ether oxygens (including phenoxy) is 5. The number of aliphatic hydroxyl groups is 2. The van der Waals surface area contributed by atoms with Crippen LogP contribution < -0.4 is 0 Å². The Kier molecular flexibility index (Phi) is 20.8. The van der Waals surface area contributed by atoms with Gasteiger partial charge < -0.3 is 38.8 Å². The number of amides is 1. The smallest absolute Gasteiger partial charge is 0.329 e. The SMILES string of the molecule is CO[C@H]1C[C@@H]2CC[C@@H](C)[C@@](O)(O2)C(=O)C(=O)N2CCCC[C@H]2C(=O)O[C@H]([C@H](C)CC2CC[C@H](n3cnnn3)[C@H](OC)C2)CC(=O)[C@H](C)/C=C(\C)[C@@H](O)[C@@H](OC)C(=O)[C@H](C)C[C@H](C)/C=C/C=CC=C1C. The van der Waals surface area contributed by atoms with E-state index < -0.39 is 77.8 Å². The van der Waals surface area contributed by atoms with Gasteiger partial charge in [-0.05, 0) is 117 Å². The molecular formula is C52H79N5O12. The average molecular weight is 966 g/mol. The predicted molar refractivity (Wildman–Crippen MR) is 256 cm³/mol. The monoisotopic (exact) mass is 966 g/mol. The first-order valence-electron chi connectivity index (χ1n) is 25.0. The predicted octanol–water partition coefficient (Wildman–Crippen LogP) is 6.05. The van der Waals surface area contributed by atoms with Crippen LogP contribution in [-0.2, 0) is 47.7 Å². The molecule has 17 heteroatoms. The number of carbonyl (C=O) groups excluding carboxylic acids is 5. The van der Waals surface area contributed by atoms with E-state index in [1.165, 1.54) is 12.0 Å². The molecule has 2 saturated heterocycles. The van der Waals surface area contributed by atoms with Crippen LogP contribution in [-0.4, -0.2) is 141 Å². The second-order valence-corrected chi connectivity index (χ2v) is 20.4. The third-order valence-corrected chi connectivity index (χ3v) is 15.2. The number of piperidine rings is 1. The lowest BCUT2D eigenvalue weighted by Gasteiger charge is -2.42. The summed E-state index contributed by atoms with van der Waals surface area (Å²) >= 11 is 0. The highest BCUT2D eigenvalue weighted by Gasteiger charge is 2.53. The van der Waals surface area contributed by atoms with Gasteiger partial charge in [-0.15, -0.1) is 5.10 Å². The number of rotatable bonds is 7. The molecule has 3 aliphatic heterocycles. The van der Waals surface area contributed by atoms with Crippen LogP contribution in [0.4, 0.5) is 0 Å². The Morgan fingerprint density at radius 1 is 0.884 bits per heavy atom. The molecule has 4 heterocycles. The number of cyclic esters (lactones) is 1. The Hall–Kier alpha value is -4.26. The maximum Gasteiger partial charge on any atom is 0.329 e. The molecule has 2 bridgehead atoms. The van der Waals surface area contributed by atoms with Crippen LogP contribution in [0, 0.1) is 35.5 Å². The molecule has 0 spiro atoms. The van der Waals surface area contributed by atoms with E-state index in [4.69, 9.17) is 23.7 Å². The van der Waals surface area contributed by atoms with Gasteiger partial charge in [0.15, 0.2) is 5.78 Å². The number of hydrogen-bond acceptors (Lipinski definition) is 15. The Bertz CT molecular complexity index is 2020. The largest absolute Gasteiger partial charge is 0.460 e. The quantitative estimate of drug-likeness (QED) is 0.181. The highest BCUT2D eigenvalue weighted by Crippen LogP contribution is 2.39. The fraction of sp³-hybridized carbons (Fsp3) is 0.731. The lowest BCUT2D eigenvalue weighted by Crippen LogP contribution is -2.61. The number of nitrogens with zero attached hydrogens (tertiary/aromatic N) is 5. The van der Waals surface area contributed by atoms with Gasteiger partial charge >= 0.3 is 5.97 Å².